The number of nitrogens with zero attached hydrogens (tertiary/aromatic N) is 2. The van der Waals surface area contributed by atoms with Crippen LogP contribution in [0, 0.1) is 12.7 Å². The van der Waals surface area contributed by atoms with Crippen molar-refractivity contribution in [3.8, 4) is 0 Å². The highest BCUT2D eigenvalue weighted by molar-refractivity contribution is 7.92. The predicted octanol–water partition coefficient (Wildman–Crippen LogP) is 2.82. The Kier molecular flexibility index (Phi) is 3.37. The smallest absolute Gasteiger partial charge is 0.261 e. The number of aromatic nitrogens is 2. The van der Waals surface area contributed by atoms with Crippen LogP contribution in [0.3, 0.4) is 0 Å². The molecular weight excluding hydrogens is 305 g/mol. The van der Waals surface area contributed by atoms with Crippen molar-refractivity contribution < 1.29 is 12.8 Å². The van der Waals surface area contributed by atoms with Crippen molar-refractivity contribution in [1.82, 2.24) is 9.55 Å². The van der Waals surface area contributed by atoms with Crippen LogP contribution >= 0.6 is 0 Å². The molecule has 0 aliphatic carbocycles. The van der Waals surface area contributed by atoms with E-state index in [2.05, 4.69) is 9.71 Å². The average molecular weight is 319 g/mol. The van der Waals surface area contributed by atoms with E-state index in [1.54, 1.807) is 24.5 Å². The predicted molar refractivity (Wildman–Crippen MR) is 82.7 cm³/mol. The Hall–Kier alpha value is -2.41. The summed E-state index contributed by atoms with van der Waals surface area (Å²) in [6.45, 7) is 1.52. The molecule has 0 atom stereocenters. The van der Waals surface area contributed by atoms with Crippen LogP contribution in [0.2, 0.25) is 0 Å². The van der Waals surface area contributed by atoms with Gasteiger partial charge in [0.2, 0.25) is 0 Å². The highest BCUT2D eigenvalue weighted by Crippen LogP contribution is 2.21. The van der Waals surface area contributed by atoms with E-state index in [0.29, 0.717) is 11.2 Å². The summed E-state index contributed by atoms with van der Waals surface area (Å²) in [7, 11) is -1.90. The van der Waals surface area contributed by atoms with Crippen LogP contribution in [0.4, 0.5) is 10.1 Å². The first-order valence-corrected chi connectivity index (χ1v) is 8.05. The van der Waals surface area contributed by atoms with Gasteiger partial charge in [-0.3, -0.25) is 4.72 Å². The third kappa shape index (κ3) is 2.55. The minimum atomic E-state index is -3.77. The van der Waals surface area contributed by atoms with Crippen LogP contribution in [0.15, 0.2) is 47.6 Å². The molecule has 0 aliphatic heterocycles. The molecule has 1 aromatic heterocycles. The van der Waals surface area contributed by atoms with Gasteiger partial charge in [0, 0.05) is 7.05 Å². The monoisotopic (exact) mass is 319 g/mol. The lowest BCUT2D eigenvalue weighted by Crippen LogP contribution is -2.13. The second-order valence-corrected chi connectivity index (χ2v) is 6.76. The fourth-order valence-corrected chi connectivity index (χ4v) is 3.33. The van der Waals surface area contributed by atoms with Gasteiger partial charge in [-0.05, 0) is 48.9 Å². The van der Waals surface area contributed by atoms with Crippen LogP contribution in [-0.2, 0) is 17.1 Å². The van der Waals surface area contributed by atoms with Gasteiger partial charge >= 0.3 is 0 Å². The Morgan fingerprint density at radius 3 is 2.68 bits per heavy atom. The highest BCUT2D eigenvalue weighted by Gasteiger charge is 2.16. The van der Waals surface area contributed by atoms with Gasteiger partial charge in [-0.1, -0.05) is 0 Å². The van der Waals surface area contributed by atoms with Crippen molar-refractivity contribution in [1.29, 1.82) is 0 Å². The molecule has 5 nitrogen and oxygen atoms in total. The minimum Gasteiger partial charge on any atom is -0.334 e. The molecule has 0 radical (unpaired) electrons. The van der Waals surface area contributed by atoms with E-state index in [1.165, 1.54) is 19.1 Å². The van der Waals surface area contributed by atoms with E-state index in [9.17, 15) is 12.8 Å². The Labute approximate surface area is 127 Å². The second kappa shape index (κ2) is 5.10. The summed E-state index contributed by atoms with van der Waals surface area (Å²) < 4.78 is 42.3. The van der Waals surface area contributed by atoms with Crippen molar-refractivity contribution in [2.75, 3.05) is 4.72 Å². The average Bonchev–Trinajstić information content (AvgIpc) is 2.82. The summed E-state index contributed by atoms with van der Waals surface area (Å²) in [5.74, 6) is -0.436. The fraction of sp³-hybridized carbons (Fsp3) is 0.133. The maximum atomic E-state index is 13.3. The first-order chi connectivity index (χ1) is 10.4. The van der Waals surface area contributed by atoms with Crippen LogP contribution < -0.4 is 4.72 Å². The Bertz CT molecular complexity index is 964. The number of hydrogen-bond donors (Lipinski definition) is 1. The Balaban J connectivity index is 1.96. The molecule has 114 valence electrons. The lowest BCUT2D eigenvalue weighted by Gasteiger charge is -2.09. The zero-order chi connectivity index (χ0) is 15.9. The first kappa shape index (κ1) is 14.5. The first-order valence-electron chi connectivity index (χ1n) is 6.57. The number of benzene rings is 2. The van der Waals surface area contributed by atoms with Gasteiger partial charge in [-0.15, -0.1) is 0 Å². The normalized spacial score (nSPS) is 11.8. The zero-order valence-corrected chi connectivity index (χ0v) is 12.9. The molecule has 3 rings (SSSR count). The number of nitrogens with one attached hydrogen (secondary N) is 1. The zero-order valence-electron chi connectivity index (χ0n) is 12.0. The number of hydrogen-bond acceptors (Lipinski definition) is 3. The number of aryl methyl sites for hydroxylation is 2. The van der Waals surface area contributed by atoms with E-state index in [1.807, 2.05) is 11.6 Å². The molecule has 3 aromatic rings. The second-order valence-electron chi connectivity index (χ2n) is 5.08. The molecule has 0 unspecified atom stereocenters. The quantitative estimate of drug-likeness (QED) is 0.807. The van der Waals surface area contributed by atoms with Crippen LogP contribution in [0.25, 0.3) is 11.0 Å². The molecule has 2 aromatic carbocycles. The topological polar surface area (TPSA) is 64.0 Å². The molecular formula is C15H14FN3O2S. The SMILES string of the molecule is Cc1cc(S(=O)(=O)Nc2ccc3c(c2)ncn3C)ccc1F. The van der Waals surface area contributed by atoms with Crippen molar-refractivity contribution >= 4 is 26.7 Å². The summed E-state index contributed by atoms with van der Waals surface area (Å²) in [4.78, 5) is 4.21. The number of fused-ring (bicyclic) bond motifs is 1. The van der Waals surface area contributed by atoms with E-state index >= 15 is 0 Å². The molecule has 22 heavy (non-hydrogen) atoms. The third-order valence-electron chi connectivity index (χ3n) is 3.42. The number of imidazole rings is 1. The van der Waals surface area contributed by atoms with E-state index < -0.39 is 15.8 Å². The fourth-order valence-electron chi connectivity index (χ4n) is 2.20. The van der Waals surface area contributed by atoms with Crippen LogP contribution in [0.1, 0.15) is 5.56 Å². The van der Waals surface area contributed by atoms with Crippen LogP contribution in [-0.4, -0.2) is 18.0 Å². The minimum absolute atomic E-state index is 0.0208. The summed E-state index contributed by atoms with van der Waals surface area (Å²) in [6.07, 6.45) is 1.66. The van der Waals surface area contributed by atoms with Crippen molar-refractivity contribution in [2.45, 2.75) is 11.8 Å². The van der Waals surface area contributed by atoms with Crippen molar-refractivity contribution in [3.63, 3.8) is 0 Å². The molecule has 0 bridgehead atoms. The van der Waals surface area contributed by atoms with Gasteiger partial charge in [0.1, 0.15) is 5.82 Å². The third-order valence-corrected chi connectivity index (χ3v) is 4.80. The molecule has 0 spiro atoms. The lowest BCUT2D eigenvalue weighted by atomic mass is 10.2. The number of rotatable bonds is 3. The summed E-state index contributed by atoms with van der Waals surface area (Å²) >= 11 is 0. The maximum Gasteiger partial charge on any atom is 0.261 e. The molecule has 0 saturated carbocycles. The number of halogens is 1. The van der Waals surface area contributed by atoms with Crippen molar-refractivity contribution in [2.24, 2.45) is 7.05 Å². The van der Waals surface area contributed by atoms with Crippen molar-refractivity contribution in [3.05, 3.63) is 54.1 Å². The van der Waals surface area contributed by atoms with E-state index in [-0.39, 0.29) is 10.5 Å². The standard InChI is InChI=1S/C15H14FN3O2S/c1-10-7-12(4-5-13(10)16)22(20,21)18-11-3-6-15-14(8-11)17-9-19(15)2/h3-9,18H,1-2H3. The summed E-state index contributed by atoms with van der Waals surface area (Å²) in [5, 5.41) is 0. The Morgan fingerprint density at radius 1 is 1.18 bits per heavy atom. The number of anilines is 1. The lowest BCUT2D eigenvalue weighted by molar-refractivity contribution is 0.598. The van der Waals surface area contributed by atoms with Gasteiger partial charge in [0.25, 0.3) is 10.0 Å². The summed E-state index contributed by atoms with van der Waals surface area (Å²) in [5.41, 5.74) is 2.29. The van der Waals surface area contributed by atoms with Gasteiger partial charge in [-0.25, -0.2) is 17.8 Å². The number of sulfonamides is 1. The molecule has 0 aliphatic rings. The van der Waals surface area contributed by atoms with Gasteiger partial charge in [-0.2, -0.15) is 0 Å². The highest BCUT2D eigenvalue weighted by atomic mass is 32.2. The van der Waals surface area contributed by atoms with Crippen LogP contribution in [0.5, 0.6) is 0 Å². The maximum absolute atomic E-state index is 13.3. The molecule has 1 heterocycles. The van der Waals surface area contributed by atoms with E-state index in [0.717, 1.165) is 11.6 Å². The van der Waals surface area contributed by atoms with Gasteiger partial charge < -0.3 is 4.57 Å². The largest absolute Gasteiger partial charge is 0.334 e. The molecule has 1 N–H and O–H groups in total. The Morgan fingerprint density at radius 2 is 1.95 bits per heavy atom. The van der Waals surface area contributed by atoms with Gasteiger partial charge in [0.15, 0.2) is 0 Å². The molecule has 7 heteroatoms. The molecule has 0 fully saturated rings. The molecule has 0 amide bonds. The summed E-state index contributed by atoms with van der Waals surface area (Å²) in [6, 6.07) is 8.80. The molecule has 0 saturated heterocycles. The van der Waals surface area contributed by atoms with Gasteiger partial charge in [0.05, 0.1) is 27.9 Å². The van der Waals surface area contributed by atoms with E-state index in [4.69, 9.17) is 0 Å².